The summed E-state index contributed by atoms with van der Waals surface area (Å²) in [7, 11) is 0. The van der Waals surface area contributed by atoms with Crippen LogP contribution >= 0.6 is 12.4 Å². The van der Waals surface area contributed by atoms with Crippen LogP contribution in [0.2, 0.25) is 0 Å². The Balaban J connectivity index is 0.00000180. The average molecular weight is 284 g/mol. The Morgan fingerprint density at radius 1 is 1.37 bits per heavy atom. The molecular weight excluding hydrogens is 262 g/mol. The van der Waals surface area contributed by atoms with E-state index in [-0.39, 0.29) is 23.9 Å². The van der Waals surface area contributed by atoms with Crippen molar-refractivity contribution in [2.24, 2.45) is 5.73 Å². The summed E-state index contributed by atoms with van der Waals surface area (Å²) < 4.78 is 0. The van der Waals surface area contributed by atoms with E-state index in [1.54, 1.807) is 6.20 Å². The molecule has 19 heavy (non-hydrogen) atoms. The number of rotatable bonds is 5. The van der Waals surface area contributed by atoms with Crippen LogP contribution in [0.3, 0.4) is 0 Å². The zero-order valence-corrected chi connectivity index (χ0v) is 11.9. The van der Waals surface area contributed by atoms with E-state index in [1.165, 1.54) is 0 Å². The standard InChI is InChI=1S/C14H21N3O.ClH/c15-11-14(8-2-3-9-14)17-13(18)7-6-12-5-1-4-10-16-12;/h1,4-5,10H,2-3,6-9,11,15H2,(H,17,18);1H. The van der Waals surface area contributed by atoms with Crippen molar-refractivity contribution in [3.8, 4) is 0 Å². The molecule has 2 rings (SSSR count). The normalized spacial score (nSPS) is 16.7. The van der Waals surface area contributed by atoms with E-state index in [9.17, 15) is 4.79 Å². The van der Waals surface area contributed by atoms with Gasteiger partial charge in [0.25, 0.3) is 0 Å². The van der Waals surface area contributed by atoms with E-state index in [4.69, 9.17) is 5.73 Å². The lowest BCUT2D eigenvalue weighted by Gasteiger charge is -2.28. The molecule has 1 aliphatic carbocycles. The Labute approximate surface area is 120 Å². The van der Waals surface area contributed by atoms with Gasteiger partial charge in [-0.05, 0) is 31.4 Å². The molecule has 1 amide bonds. The fourth-order valence-electron chi connectivity index (χ4n) is 2.58. The third-order valence-corrected chi connectivity index (χ3v) is 3.69. The molecule has 0 bridgehead atoms. The molecule has 0 aliphatic heterocycles. The first-order chi connectivity index (χ1) is 8.74. The number of nitrogens with one attached hydrogen (secondary N) is 1. The molecule has 3 N–H and O–H groups in total. The predicted octanol–water partition coefficient (Wildman–Crippen LogP) is 1.82. The summed E-state index contributed by atoms with van der Waals surface area (Å²) in [6, 6.07) is 5.77. The first kappa shape index (κ1) is 15.9. The number of carbonyl (C=O) groups is 1. The van der Waals surface area contributed by atoms with Gasteiger partial charge in [-0.25, -0.2) is 0 Å². The van der Waals surface area contributed by atoms with Gasteiger partial charge in [0, 0.05) is 24.9 Å². The van der Waals surface area contributed by atoms with Gasteiger partial charge in [-0.1, -0.05) is 18.9 Å². The summed E-state index contributed by atoms with van der Waals surface area (Å²) in [5.74, 6) is 0.0907. The SMILES string of the molecule is Cl.NCC1(NC(=O)CCc2ccccn2)CCCC1. The van der Waals surface area contributed by atoms with E-state index < -0.39 is 0 Å². The highest BCUT2D eigenvalue weighted by atomic mass is 35.5. The van der Waals surface area contributed by atoms with Crippen LogP contribution in [0.15, 0.2) is 24.4 Å². The van der Waals surface area contributed by atoms with Crippen molar-refractivity contribution >= 4 is 18.3 Å². The number of amides is 1. The molecule has 0 atom stereocenters. The minimum Gasteiger partial charge on any atom is -0.349 e. The Morgan fingerprint density at radius 3 is 2.68 bits per heavy atom. The second kappa shape index (κ2) is 7.46. The number of nitrogens with zero attached hydrogens (tertiary/aromatic N) is 1. The lowest BCUT2D eigenvalue weighted by molar-refractivity contribution is -0.122. The number of pyridine rings is 1. The molecule has 0 saturated heterocycles. The van der Waals surface area contributed by atoms with E-state index in [0.717, 1.165) is 31.4 Å². The monoisotopic (exact) mass is 283 g/mol. The quantitative estimate of drug-likeness (QED) is 0.866. The number of aromatic nitrogens is 1. The maximum Gasteiger partial charge on any atom is 0.220 e. The maximum atomic E-state index is 11.9. The molecule has 4 nitrogen and oxygen atoms in total. The van der Waals surface area contributed by atoms with Crippen molar-refractivity contribution < 1.29 is 4.79 Å². The van der Waals surface area contributed by atoms with Gasteiger partial charge in [0.15, 0.2) is 0 Å². The molecule has 1 aliphatic rings. The number of halogens is 1. The lowest BCUT2D eigenvalue weighted by Crippen LogP contribution is -2.51. The summed E-state index contributed by atoms with van der Waals surface area (Å²) in [5, 5.41) is 3.12. The smallest absolute Gasteiger partial charge is 0.220 e. The fourth-order valence-corrected chi connectivity index (χ4v) is 2.58. The number of hydrogen-bond donors (Lipinski definition) is 2. The molecule has 5 heteroatoms. The van der Waals surface area contributed by atoms with E-state index in [1.807, 2.05) is 18.2 Å². The Bertz CT molecular complexity index is 391. The minimum absolute atomic E-state index is 0. The predicted molar refractivity (Wildman–Crippen MR) is 78.2 cm³/mol. The van der Waals surface area contributed by atoms with Gasteiger partial charge < -0.3 is 11.1 Å². The largest absolute Gasteiger partial charge is 0.349 e. The van der Waals surface area contributed by atoms with Crippen molar-refractivity contribution in [3.05, 3.63) is 30.1 Å². The number of nitrogens with two attached hydrogens (primary N) is 1. The van der Waals surface area contributed by atoms with Gasteiger partial charge in [-0.3, -0.25) is 9.78 Å². The van der Waals surface area contributed by atoms with Gasteiger partial charge in [0.05, 0.1) is 5.54 Å². The maximum absolute atomic E-state index is 11.9. The highest BCUT2D eigenvalue weighted by Gasteiger charge is 2.33. The number of aryl methyl sites for hydroxylation is 1. The number of hydrogen-bond acceptors (Lipinski definition) is 3. The molecule has 0 aromatic carbocycles. The zero-order valence-electron chi connectivity index (χ0n) is 11.1. The molecule has 0 spiro atoms. The van der Waals surface area contributed by atoms with Crippen molar-refractivity contribution in [2.45, 2.75) is 44.1 Å². The first-order valence-corrected chi connectivity index (χ1v) is 6.65. The zero-order chi connectivity index (χ0) is 12.8. The molecule has 106 valence electrons. The Morgan fingerprint density at radius 2 is 2.11 bits per heavy atom. The van der Waals surface area contributed by atoms with Gasteiger partial charge >= 0.3 is 0 Å². The molecule has 1 aromatic rings. The van der Waals surface area contributed by atoms with Crippen LogP contribution in [0.5, 0.6) is 0 Å². The third-order valence-electron chi connectivity index (χ3n) is 3.69. The topological polar surface area (TPSA) is 68.0 Å². The van der Waals surface area contributed by atoms with Crippen molar-refractivity contribution in [2.75, 3.05) is 6.54 Å². The van der Waals surface area contributed by atoms with E-state index in [2.05, 4.69) is 10.3 Å². The molecule has 0 unspecified atom stereocenters. The summed E-state index contributed by atoms with van der Waals surface area (Å²) in [5.41, 5.74) is 6.62. The second-order valence-corrected chi connectivity index (χ2v) is 5.06. The van der Waals surface area contributed by atoms with Crippen LogP contribution in [-0.2, 0) is 11.2 Å². The van der Waals surface area contributed by atoms with Crippen LogP contribution in [0.25, 0.3) is 0 Å². The van der Waals surface area contributed by atoms with Gasteiger partial charge in [-0.2, -0.15) is 0 Å². The highest BCUT2D eigenvalue weighted by molar-refractivity contribution is 5.85. The summed E-state index contributed by atoms with van der Waals surface area (Å²) in [6.45, 7) is 0.544. The second-order valence-electron chi connectivity index (χ2n) is 5.06. The summed E-state index contributed by atoms with van der Waals surface area (Å²) >= 11 is 0. The van der Waals surface area contributed by atoms with Gasteiger partial charge in [-0.15, -0.1) is 12.4 Å². The average Bonchev–Trinajstić information content (AvgIpc) is 2.87. The Hall–Kier alpha value is -1.13. The van der Waals surface area contributed by atoms with Crippen molar-refractivity contribution in [3.63, 3.8) is 0 Å². The van der Waals surface area contributed by atoms with Crippen LogP contribution < -0.4 is 11.1 Å². The first-order valence-electron chi connectivity index (χ1n) is 6.65. The van der Waals surface area contributed by atoms with Gasteiger partial charge in [0.1, 0.15) is 0 Å². The molecule has 1 heterocycles. The highest BCUT2D eigenvalue weighted by Crippen LogP contribution is 2.28. The van der Waals surface area contributed by atoms with Gasteiger partial charge in [0.2, 0.25) is 5.91 Å². The molecule has 0 radical (unpaired) electrons. The molecule has 1 aromatic heterocycles. The van der Waals surface area contributed by atoms with Crippen LogP contribution in [0.1, 0.15) is 37.8 Å². The van der Waals surface area contributed by atoms with Crippen molar-refractivity contribution in [1.29, 1.82) is 0 Å². The Kier molecular flexibility index (Phi) is 6.25. The van der Waals surface area contributed by atoms with Crippen LogP contribution in [0, 0.1) is 0 Å². The third kappa shape index (κ3) is 4.48. The summed E-state index contributed by atoms with van der Waals surface area (Å²) in [6.07, 6.45) is 7.28. The fraction of sp³-hybridized carbons (Fsp3) is 0.571. The molecule has 1 fully saturated rings. The summed E-state index contributed by atoms with van der Waals surface area (Å²) in [4.78, 5) is 16.2. The molecular formula is C14H22ClN3O. The van der Waals surface area contributed by atoms with E-state index in [0.29, 0.717) is 19.4 Å². The number of carbonyl (C=O) groups excluding carboxylic acids is 1. The lowest BCUT2D eigenvalue weighted by atomic mass is 9.97. The van der Waals surface area contributed by atoms with Crippen LogP contribution in [0.4, 0.5) is 0 Å². The van der Waals surface area contributed by atoms with Crippen LogP contribution in [-0.4, -0.2) is 23.0 Å². The van der Waals surface area contributed by atoms with E-state index >= 15 is 0 Å². The molecule has 1 saturated carbocycles. The van der Waals surface area contributed by atoms with Crippen molar-refractivity contribution in [1.82, 2.24) is 10.3 Å². The minimum atomic E-state index is -0.138.